The molecular weight excluding hydrogens is 303 g/mol. The summed E-state index contributed by atoms with van der Waals surface area (Å²) >= 11 is 4.94. The lowest BCUT2D eigenvalue weighted by molar-refractivity contribution is 0.0976. The van der Waals surface area contributed by atoms with Gasteiger partial charge in [-0.05, 0) is 36.8 Å². The van der Waals surface area contributed by atoms with E-state index < -0.39 is 21.6 Å². The summed E-state index contributed by atoms with van der Waals surface area (Å²) in [5.74, 6) is -0.935. The van der Waals surface area contributed by atoms with E-state index in [4.69, 9.17) is 12.2 Å². The van der Waals surface area contributed by atoms with Crippen molar-refractivity contribution in [3.8, 4) is 0 Å². The summed E-state index contributed by atoms with van der Waals surface area (Å²) in [6.45, 7) is 0. The Morgan fingerprint density at radius 3 is 2.75 bits per heavy atom. The summed E-state index contributed by atoms with van der Waals surface area (Å²) in [4.78, 5) is 11.8. The van der Waals surface area contributed by atoms with Crippen LogP contribution in [0.4, 0.5) is 4.39 Å². The second kappa shape index (κ2) is 5.84. The molecule has 0 radical (unpaired) electrons. The van der Waals surface area contributed by atoms with Crippen LogP contribution in [0.2, 0.25) is 0 Å². The summed E-state index contributed by atoms with van der Waals surface area (Å²) in [5.41, 5.74) is 0.146. The van der Waals surface area contributed by atoms with E-state index in [0.29, 0.717) is 6.42 Å². The maximum Gasteiger partial charge on any atom is 0.257 e. The summed E-state index contributed by atoms with van der Waals surface area (Å²) in [6.07, 6.45) is 0.457. The van der Waals surface area contributed by atoms with Gasteiger partial charge in [0.15, 0.2) is 14.9 Å². The lowest BCUT2D eigenvalue weighted by Gasteiger charge is -2.14. The number of hydrogen-bond donors (Lipinski definition) is 2. The van der Waals surface area contributed by atoms with Crippen molar-refractivity contribution in [3.05, 3.63) is 35.6 Å². The maximum absolute atomic E-state index is 13.0. The molecule has 0 aromatic heterocycles. The lowest BCUT2D eigenvalue weighted by atomic mass is 10.2. The predicted octanol–water partition coefficient (Wildman–Crippen LogP) is 0.617. The molecule has 1 amide bonds. The van der Waals surface area contributed by atoms with E-state index in [9.17, 15) is 17.6 Å². The molecule has 1 aromatic rings. The number of amides is 1. The van der Waals surface area contributed by atoms with E-state index in [1.807, 2.05) is 0 Å². The Hall–Kier alpha value is -1.54. The quantitative estimate of drug-likeness (QED) is 0.782. The highest BCUT2D eigenvalue weighted by Gasteiger charge is 2.28. The van der Waals surface area contributed by atoms with E-state index in [0.717, 1.165) is 6.07 Å². The molecule has 1 atom stereocenters. The van der Waals surface area contributed by atoms with E-state index >= 15 is 0 Å². The average Bonchev–Trinajstić information content (AvgIpc) is 2.68. The normalized spacial score (nSPS) is 20.4. The topological polar surface area (TPSA) is 75.3 Å². The molecule has 1 aliphatic heterocycles. The summed E-state index contributed by atoms with van der Waals surface area (Å²) in [7, 11) is -3.01. The Bertz CT molecular complexity index is 646. The number of benzene rings is 1. The fourth-order valence-electron chi connectivity index (χ4n) is 1.94. The maximum atomic E-state index is 13.0. The van der Waals surface area contributed by atoms with Gasteiger partial charge in [0.25, 0.3) is 5.91 Å². The number of nitrogens with one attached hydrogen (secondary N) is 2. The molecule has 0 spiro atoms. The monoisotopic (exact) mass is 316 g/mol. The van der Waals surface area contributed by atoms with Crippen LogP contribution in [0.15, 0.2) is 24.3 Å². The molecule has 20 heavy (non-hydrogen) atoms. The van der Waals surface area contributed by atoms with Crippen molar-refractivity contribution < 1.29 is 17.6 Å². The first-order valence-electron chi connectivity index (χ1n) is 5.93. The number of hydrogen-bond acceptors (Lipinski definition) is 4. The number of sulfone groups is 1. The first-order valence-corrected chi connectivity index (χ1v) is 8.16. The van der Waals surface area contributed by atoms with Gasteiger partial charge >= 0.3 is 0 Å². The SMILES string of the molecule is O=C(NC(=S)NC1CCS(=O)(=O)C1)c1cccc(F)c1. The molecule has 108 valence electrons. The van der Waals surface area contributed by atoms with Gasteiger partial charge in [-0.15, -0.1) is 0 Å². The largest absolute Gasteiger partial charge is 0.359 e. The Morgan fingerprint density at radius 1 is 1.40 bits per heavy atom. The molecule has 0 saturated carbocycles. The Kier molecular flexibility index (Phi) is 4.34. The van der Waals surface area contributed by atoms with Crippen LogP contribution in [0, 0.1) is 5.82 Å². The van der Waals surface area contributed by atoms with E-state index in [1.165, 1.54) is 18.2 Å². The van der Waals surface area contributed by atoms with Crippen LogP contribution in [0.1, 0.15) is 16.8 Å². The molecule has 0 bridgehead atoms. The predicted molar refractivity (Wildman–Crippen MR) is 76.7 cm³/mol. The van der Waals surface area contributed by atoms with Gasteiger partial charge in [0.05, 0.1) is 11.5 Å². The zero-order valence-electron chi connectivity index (χ0n) is 10.4. The zero-order valence-corrected chi connectivity index (χ0v) is 12.1. The second-order valence-corrected chi connectivity index (χ2v) is 7.17. The third-order valence-corrected chi connectivity index (χ3v) is 4.87. The molecule has 1 fully saturated rings. The van der Waals surface area contributed by atoms with Gasteiger partial charge in [-0.3, -0.25) is 10.1 Å². The Labute approximate surface area is 121 Å². The standard InChI is InChI=1S/C12H13FN2O3S2/c13-9-3-1-2-8(6-9)11(16)15-12(19)14-10-4-5-20(17,18)7-10/h1-3,6,10H,4-5,7H2,(H2,14,15,16,19). The fourth-order valence-corrected chi connectivity index (χ4v) is 3.87. The highest BCUT2D eigenvalue weighted by molar-refractivity contribution is 7.91. The van der Waals surface area contributed by atoms with E-state index in [-0.39, 0.29) is 28.2 Å². The molecule has 1 heterocycles. The Balaban J connectivity index is 1.90. The highest BCUT2D eigenvalue weighted by atomic mass is 32.2. The minimum absolute atomic E-state index is 0.00295. The highest BCUT2D eigenvalue weighted by Crippen LogP contribution is 2.11. The van der Waals surface area contributed by atoms with Crippen molar-refractivity contribution in [2.24, 2.45) is 0 Å². The molecule has 2 N–H and O–H groups in total. The Morgan fingerprint density at radius 2 is 2.15 bits per heavy atom. The molecule has 0 aliphatic carbocycles. The van der Waals surface area contributed by atoms with Crippen LogP contribution >= 0.6 is 12.2 Å². The minimum Gasteiger partial charge on any atom is -0.359 e. The van der Waals surface area contributed by atoms with Gasteiger partial charge < -0.3 is 5.32 Å². The van der Waals surface area contributed by atoms with Crippen molar-refractivity contribution in [3.63, 3.8) is 0 Å². The first kappa shape index (κ1) is 14.9. The number of halogens is 1. The van der Waals surface area contributed by atoms with Gasteiger partial charge in [-0.1, -0.05) is 6.07 Å². The van der Waals surface area contributed by atoms with Crippen molar-refractivity contribution in [1.82, 2.24) is 10.6 Å². The number of rotatable bonds is 2. The molecule has 1 unspecified atom stereocenters. The molecule has 2 rings (SSSR count). The van der Waals surface area contributed by atoms with Gasteiger partial charge in [0.2, 0.25) is 0 Å². The molecule has 1 aliphatic rings. The number of carbonyl (C=O) groups excluding carboxylic acids is 1. The van der Waals surface area contributed by atoms with Crippen LogP contribution in [0.5, 0.6) is 0 Å². The molecule has 1 saturated heterocycles. The molecule has 1 aromatic carbocycles. The minimum atomic E-state index is -3.01. The van der Waals surface area contributed by atoms with Crippen LogP contribution in [-0.4, -0.2) is 37.0 Å². The van der Waals surface area contributed by atoms with E-state index in [1.54, 1.807) is 0 Å². The number of thiocarbonyl (C=S) groups is 1. The van der Waals surface area contributed by atoms with Crippen molar-refractivity contribution in [1.29, 1.82) is 0 Å². The van der Waals surface area contributed by atoms with Crippen molar-refractivity contribution in [2.75, 3.05) is 11.5 Å². The summed E-state index contributed by atoms with van der Waals surface area (Å²) in [5, 5.41) is 5.22. The first-order chi connectivity index (χ1) is 9.35. The molecule has 5 nitrogen and oxygen atoms in total. The fraction of sp³-hybridized carbons (Fsp3) is 0.333. The molecule has 8 heteroatoms. The molecular formula is C12H13FN2O3S2. The van der Waals surface area contributed by atoms with Crippen molar-refractivity contribution >= 4 is 33.1 Å². The van der Waals surface area contributed by atoms with Crippen LogP contribution < -0.4 is 10.6 Å². The van der Waals surface area contributed by atoms with Gasteiger partial charge in [0, 0.05) is 11.6 Å². The third-order valence-electron chi connectivity index (χ3n) is 2.88. The van der Waals surface area contributed by atoms with Crippen LogP contribution in [0.25, 0.3) is 0 Å². The average molecular weight is 316 g/mol. The smallest absolute Gasteiger partial charge is 0.257 e. The van der Waals surface area contributed by atoms with Gasteiger partial charge in [0.1, 0.15) is 5.82 Å². The van der Waals surface area contributed by atoms with Crippen LogP contribution in [0.3, 0.4) is 0 Å². The second-order valence-electron chi connectivity index (χ2n) is 4.54. The van der Waals surface area contributed by atoms with Gasteiger partial charge in [-0.25, -0.2) is 12.8 Å². The van der Waals surface area contributed by atoms with E-state index in [2.05, 4.69) is 10.6 Å². The van der Waals surface area contributed by atoms with Crippen LogP contribution in [-0.2, 0) is 9.84 Å². The lowest BCUT2D eigenvalue weighted by Crippen LogP contribution is -2.44. The summed E-state index contributed by atoms with van der Waals surface area (Å²) in [6, 6.07) is 4.92. The van der Waals surface area contributed by atoms with Crippen molar-refractivity contribution in [2.45, 2.75) is 12.5 Å². The van der Waals surface area contributed by atoms with Gasteiger partial charge in [-0.2, -0.15) is 0 Å². The number of carbonyl (C=O) groups is 1. The zero-order chi connectivity index (χ0) is 14.8. The third kappa shape index (κ3) is 3.97. The summed E-state index contributed by atoms with van der Waals surface area (Å²) < 4.78 is 35.6.